The smallest absolute Gasteiger partial charge is 0.366 e. The van der Waals surface area contributed by atoms with Gasteiger partial charge < -0.3 is 10.3 Å². The summed E-state index contributed by atoms with van der Waals surface area (Å²) in [7, 11) is 0. The van der Waals surface area contributed by atoms with E-state index in [0.29, 0.717) is 27.9 Å². The number of rotatable bonds is 4. The van der Waals surface area contributed by atoms with E-state index in [1.54, 1.807) is 28.8 Å². The van der Waals surface area contributed by atoms with Crippen molar-refractivity contribution < 1.29 is 22.4 Å². The van der Waals surface area contributed by atoms with Gasteiger partial charge in [0.25, 0.3) is 0 Å². The molecule has 0 bridgehead atoms. The van der Waals surface area contributed by atoms with E-state index in [0.717, 1.165) is 22.6 Å². The summed E-state index contributed by atoms with van der Waals surface area (Å²) in [5.41, 5.74) is 6.70. The Morgan fingerprint density at radius 3 is 2.58 bits per heavy atom. The maximum absolute atomic E-state index is 13.7. The number of fused-ring (bicyclic) bond motifs is 3. The molecule has 2 N–H and O–H groups in total. The number of nitrogens with two attached hydrogens (primary N) is 1. The predicted molar refractivity (Wildman–Crippen MR) is 121 cm³/mol. The van der Waals surface area contributed by atoms with E-state index in [9.17, 15) is 22.4 Å². The molecule has 5 rings (SSSR count). The van der Waals surface area contributed by atoms with Crippen molar-refractivity contribution in [1.82, 2.24) is 4.57 Å². The monoisotopic (exact) mass is 467 g/mol. The zero-order valence-corrected chi connectivity index (χ0v) is 17.7. The molecule has 0 spiro atoms. The minimum Gasteiger partial charge on any atom is -0.366 e. The number of aromatic nitrogens is 1. The molecule has 3 nitrogen and oxygen atoms in total. The molecule has 8 heteroatoms. The first-order valence-corrected chi connectivity index (χ1v) is 10.8. The zero-order chi connectivity index (χ0) is 23.3. The van der Waals surface area contributed by atoms with E-state index in [2.05, 4.69) is 6.07 Å². The van der Waals surface area contributed by atoms with Crippen LogP contribution in [0.4, 0.5) is 17.6 Å². The van der Waals surface area contributed by atoms with Crippen LogP contribution in [0.5, 0.6) is 0 Å². The summed E-state index contributed by atoms with van der Waals surface area (Å²) >= 11 is 1.52. The third kappa shape index (κ3) is 3.66. The SMILES string of the molecule is NC(=O)c1cccc2c1c1[c]cc(-c3cccs3)cc1n2Cc1ccc(F)cc1C(F)(F)F. The minimum absolute atomic E-state index is 0.0892. The fraction of sp³-hybridized carbons (Fsp3) is 0.0800. The molecule has 0 aliphatic heterocycles. The van der Waals surface area contributed by atoms with Crippen molar-refractivity contribution in [3.8, 4) is 10.4 Å². The number of hydrogen-bond donors (Lipinski definition) is 1. The Hall–Kier alpha value is -3.65. The van der Waals surface area contributed by atoms with Crippen molar-refractivity contribution in [2.45, 2.75) is 12.7 Å². The number of carbonyl (C=O) groups is 1. The van der Waals surface area contributed by atoms with Gasteiger partial charge in [0.1, 0.15) is 5.82 Å². The Morgan fingerprint density at radius 2 is 1.88 bits per heavy atom. The number of hydrogen-bond acceptors (Lipinski definition) is 2. The lowest BCUT2D eigenvalue weighted by molar-refractivity contribution is -0.138. The van der Waals surface area contributed by atoms with Crippen LogP contribution in [0, 0.1) is 11.9 Å². The van der Waals surface area contributed by atoms with Crippen molar-refractivity contribution in [1.29, 1.82) is 0 Å². The highest BCUT2D eigenvalue weighted by Crippen LogP contribution is 2.38. The molecule has 3 aromatic carbocycles. The van der Waals surface area contributed by atoms with E-state index in [1.165, 1.54) is 11.3 Å². The summed E-state index contributed by atoms with van der Waals surface area (Å²) in [6.45, 7) is -0.181. The molecule has 5 aromatic rings. The molecule has 0 aliphatic rings. The Morgan fingerprint density at radius 1 is 1.06 bits per heavy atom. The Balaban J connectivity index is 1.81. The first kappa shape index (κ1) is 21.2. The van der Waals surface area contributed by atoms with Crippen LogP contribution in [-0.4, -0.2) is 10.5 Å². The lowest BCUT2D eigenvalue weighted by Gasteiger charge is -2.15. The van der Waals surface area contributed by atoms with Crippen molar-refractivity contribution in [3.63, 3.8) is 0 Å². The van der Waals surface area contributed by atoms with E-state index in [4.69, 9.17) is 5.73 Å². The third-order valence-electron chi connectivity index (χ3n) is 5.57. The first-order chi connectivity index (χ1) is 15.7. The second kappa shape index (κ2) is 7.74. The van der Waals surface area contributed by atoms with Gasteiger partial charge in [0.05, 0.1) is 16.6 Å². The number of amides is 1. The molecular weight excluding hydrogens is 452 g/mol. The standard InChI is InChI=1S/C25H15F4N2OS/c26-16-8-6-15(19(12-16)25(27,28)29)13-31-20-4-1-3-18(24(30)32)23(20)17-9-7-14(11-21(17)31)22-5-2-10-33-22/h1-8,10-12H,13H2,(H2,30,32). The van der Waals surface area contributed by atoms with Crippen LogP contribution in [0.15, 0.2) is 66.0 Å². The molecular formula is C25H15F4N2OS. The number of thiophene rings is 1. The van der Waals surface area contributed by atoms with Crippen LogP contribution in [0.2, 0.25) is 0 Å². The van der Waals surface area contributed by atoms with Crippen LogP contribution in [0.25, 0.3) is 32.2 Å². The summed E-state index contributed by atoms with van der Waals surface area (Å²) in [6.07, 6.45) is -4.72. The van der Waals surface area contributed by atoms with Crippen LogP contribution >= 0.6 is 11.3 Å². The van der Waals surface area contributed by atoms with Gasteiger partial charge in [0, 0.05) is 27.8 Å². The molecule has 0 atom stereocenters. The Labute approximate surface area is 189 Å². The highest BCUT2D eigenvalue weighted by Gasteiger charge is 2.34. The molecule has 33 heavy (non-hydrogen) atoms. The van der Waals surface area contributed by atoms with Gasteiger partial charge in [-0.2, -0.15) is 13.2 Å². The normalized spacial score (nSPS) is 12.0. The van der Waals surface area contributed by atoms with Crippen LogP contribution in [-0.2, 0) is 12.7 Å². The second-order valence-corrected chi connectivity index (χ2v) is 8.52. The highest BCUT2D eigenvalue weighted by molar-refractivity contribution is 7.13. The van der Waals surface area contributed by atoms with Crippen LogP contribution < -0.4 is 5.73 Å². The van der Waals surface area contributed by atoms with E-state index in [1.807, 2.05) is 23.6 Å². The van der Waals surface area contributed by atoms with Crippen molar-refractivity contribution in [2.24, 2.45) is 5.73 Å². The highest BCUT2D eigenvalue weighted by atomic mass is 32.1. The van der Waals surface area contributed by atoms with Gasteiger partial charge >= 0.3 is 6.18 Å². The molecule has 0 fully saturated rings. The molecule has 1 amide bonds. The lowest BCUT2D eigenvalue weighted by atomic mass is 10.0. The Bertz CT molecular complexity index is 1520. The summed E-state index contributed by atoms with van der Waals surface area (Å²) in [5, 5.41) is 3.03. The minimum atomic E-state index is -4.72. The Kier molecular flexibility index (Phi) is 4.97. The number of benzene rings is 3. The summed E-state index contributed by atoms with van der Waals surface area (Å²) in [4.78, 5) is 13.1. The average molecular weight is 467 g/mol. The van der Waals surface area contributed by atoms with Crippen molar-refractivity contribution in [3.05, 3.63) is 94.6 Å². The first-order valence-electron chi connectivity index (χ1n) is 9.90. The second-order valence-electron chi connectivity index (χ2n) is 7.58. The van der Waals surface area contributed by atoms with Gasteiger partial charge in [0.15, 0.2) is 0 Å². The third-order valence-corrected chi connectivity index (χ3v) is 6.49. The molecule has 2 heterocycles. The van der Waals surface area contributed by atoms with Crippen LogP contribution in [0.1, 0.15) is 21.5 Å². The van der Waals surface area contributed by atoms with E-state index >= 15 is 0 Å². The fourth-order valence-electron chi connectivity index (χ4n) is 4.14. The summed E-state index contributed by atoms with van der Waals surface area (Å²) in [6, 6.07) is 18.3. The molecule has 0 aliphatic carbocycles. The number of alkyl halides is 3. The maximum atomic E-state index is 13.7. The van der Waals surface area contributed by atoms with Gasteiger partial charge in [-0.15, -0.1) is 11.3 Å². The van der Waals surface area contributed by atoms with Crippen LogP contribution in [0.3, 0.4) is 0 Å². The predicted octanol–water partition coefficient (Wildman–Crippen LogP) is 6.63. The molecule has 0 saturated carbocycles. The largest absolute Gasteiger partial charge is 0.416 e. The summed E-state index contributed by atoms with van der Waals surface area (Å²) in [5.74, 6) is -1.61. The topological polar surface area (TPSA) is 48.0 Å². The molecule has 2 aromatic heterocycles. The number of carbonyl (C=O) groups excluding carboxylic acids is 1. The molecule has 0 saturated heterocycles. The molecule has 1 radical (unpaired) electrons. The molecule has 0 unspecified atom stereocenters. The van der Waals surface area contributed by atoms with Gasteiger partial charge in [-0.25, -0.2) is 4.39 Å². The van der Waals surface area contributed by atoms with Crippen molar-refractivity contribution >= 4 is 39.0 Å². The van der Waals surface area contributed by atoms with Gasteiger partial charge in [-0.1, -0.05) is 18.2 Å². The van der Waals surface area contributed by atoms with Gasteiger partial charge in [-0.3, -0.25) is 4.79 Å². The fourth-order valence-corrected chi connectivity index (χ4v) is 4.85. The number of primary amides is 1. The van der Waals surface area contributed by atoms with Crippen molar-refractivity contribution in [2.75, 3.05) is 0 Å². The average Bonchev–Trinajstić information content (AvgIpc) is 3.41. The van der Waals surface area contributed by atoms with E-state index in [-0.39, 0.29) is 17.7 Å². The van der Waals surface area contributed by atoms with Gasteiger partial charge in [0.2, 0.25) is 5.91 Å². The lowest BCUT2D eigenvalue weighted by Crippen LogP contribution is -2.13. The van der Waals surface area contributed by atoms with E-state index < -0.39 is 23.5 Å². The number of halogens is 4. The summed E-state index contributed by atoms with van der Waals surface area (Å²) < 4.78 is 56.3. The number of nitrogens with zero attached hydrogens (tertiary/aromatic N) is 1. The zero-order valence-electron chi connectivity index (χ0n) is 16.9. The quantitative estimate of drug-likeness (QED) is 0.297. The molecule has 165 valence electrons. The van der Waals surface area contributed by atoms with Gasteiger partial charge in [-0.05, 0) is 65.0 Å². The maximum Gasteiger partial charge on any atom is 0.416 e.